The van der Waals surface area contributed by atoms with E-state index >= 15 is 0 Å². The predicted octanol–water partition coefficient (Wildman–Crippen LogP) is -0.291. The van der Waals surface area contributed by atoms with E-state index in [1.54, 1.807) is 0 Å². The number of alkyl halides is 3. The molecular formula is C17H21F3N6O5. The molecule has 11 nitrogen and oxygen atoms in total. The van der Waals surface area contributed by atoms with Crippen LogP contribution in [0, 0.1) is 0 Å². The summed E-state index contributed by atoms with van der Waals surface area (Å²) in [7, 11) is 0. The second-order valence-electron chi connectivity index (χ2n) is 6.67. The Morgan fingerprint density at radius 3 is 2.74 bits per heavy atom. The van der Waals surface area contributed by atoms with Crippen molar-refractivity contribution in [3.05, 3.63) is 42.5 Å². The fourth-order valence-corrected chi connectivity index (χ4v) is 2.96. The number of anilines is 1. The van der Waals surface area contributed by atoms with Crippen molar-refractivity contribution in [1.82, 2.24) is 25.0 Å². The van der Waals surface area contributed by atoms with Gasteiger partial charge in [0, 0.05) is 6.20 Å². The number of halogens is 3. The van der Waals surface area contributed by atoms with E-state index in [1.807, 2.05) is 0 Å². The maximum atomic E-state index is 12.9. The second-order valence-corrected chi connectivity index (χ2v) is 6.67. The van der Waals surface area contributed by atoms with E-state index in [1.165, 1.54) is 17.0 Å². The molecule has 5 atom stereocenters. The van der Waals surface area contributed by atoms with Crippen LogP contribution in [0.4, 0.5) is 19.1 Å². The van der Waals surface area contributed by atoms with E-state index in [9.17, 15) is 23.4 Å². The van der Waals surface area contributed by atoms with Gasteiger partial charge in [-0.15, -0.1) is 11.7 Å². The minimum absolute atomic E-state index is 0.000183. The quantitative estimate of drug-likeness (QED) is 0.399. The first kappa shape index (κ1) is 23.0. The van der Waals surface area contributed by atoms with Gasteiger partial charge >= 0.3 is 6.18 Å². The summed E-state index contributed by atoms with van der Waals surface area (Å²) in [5, 5.41) is 40.3. The highest BCUT2D eigenvalue weighted by Crippen LogP contribution is 2.29. The van der Waals surface area contributed by atoms with E-state index in [2.05, 4.69) is 32.2 Å². The van der Waals surface area contributed by atoms with Crippen molar-refractivity contribution >= 4 is 5.95 Å². The van der Waals surface area contributed by atoms with Crippen molar-refractivity contribution in [3.63, 3.8) is 0 Å². The lowest BCUT2D eigenvalue weighted by Gasteiger charge is -2.42. The molecule has 0 bridgehead atoms. The van der Waals surface area contributed by atoms with Gasteiger partial charge in [-0.1, -0.05) is 11.3 Å². The number of nitrogens with zero attached hydrogens (tertiary/aromatic N) is 5. The molecule has 3 heterocycles. The lowest BCUT2D eigenvalue weighted by molar-refractivity contribution is -0.256. The van der Waals surface area contributed by atoms with Crippen LogP contribution in [0.1, 0.15) is 11.4 Å². The first-order valence-corrected chi connectivity index (χ1v) is 9.13. The summed E-state index contributed by atoms with van der Waals surface area (Å²) in [5.74, 6) is -0.427. The maximum Gasteiger partial charge on any atom is 0.433 e. The molecule has 0 aromatic carbocycles. The van der Waals surface area contributed by atoms with Gasteiger partial charge in [0.2, 0.25) is 5.95 Å². The lowest BCUT2D eigenvalue weighted by atomic mass is 9.96. The Labute approximate surface area is 174 Å². The zero-order chi connectivity index (χ0) is 22.6. The van der Waals surface area contributed by atoms with Crippen molar-refractivity contribution in [2.24, 2.45) is 0 Å². The smallest absolute Gasteiger partial charge is 0.390 e. The summed E-state index contributed by atoms with van der Waals surface area (Å²) in [4.78, 5) is 7.12. The predicted molar refractivity (Wildman–Crippen MR) is 97.2 cm³/mol. The second kappa shape index (κ2) is 9.65. The summed E-state index contributed by atoms with van der Waals surface area (Å²) < 4.78 is 51.3. The van der Waals surface area contributed by atoms with Gasteiger partial charge < -0.3 is 30.1 Å². The van der Waals surface area contributed by atoms with E-state index in [0.29, 0.717) is 11.8 Å². The van der Waals surface area contributed by atoms with Gasteiger partial charge in [-0.2, -0.15) is 13.2 Å². The van der Waals surface area contributed by atoms with Crippen molar-refractivity contribution in [2.45, 2.75) is 50.0 Å². The SMILES string of the molecule is C=CCO[C@H]1O[C@H](Cn2cc(CO)nn2)[C@H](O)[C@H](O)[C@H]1Nc1nccc(C(F)(F)F)n1. The van der Waals surface area contributed by atoms with Crippen molar-refractivity contribution in [3.8, 4) is 0 Å². The molecule has 4 N–H and O–H groups in total. The highest BCUT2D eigenvalue weighted by atomic mass is 19.4. The first-order valence-electron chi connectivity index (χ1n) is 9.13. The molecule has 1 aliphatic heterocycles. The summed E-state index contributed by atoms with van der Waals surface area (Å²) in [5.41, 5.74) is -0.879. The molecule has 0 spiro atoms. The number of aliphatic hydroxyl groups is 3. The Hall–Kier alpha value is -2.65. The number of nitrogens with one attached hydrogen (secondary N) is 1. The van der Waals surface area contributed by atoms with E-state index in [-0.39, 0.29) is 19.8 Å². The number of rotatable bonds is 8. The van der Waals surface area contributed by atoms with Crippen LogP contribution < -0.4 is 5.32 Å². The number of hydrogen-bond donors (Lipinski definition) is 4. The first-order chi connectivity index (χ1) is 14.7. The summed E-state index contributed by atoms with van der Waals surface area (Å²) in [6.07, 6.45) is -6.10. The van der Waals surface area contributed by atoms with Gasteiger partial charge in [0.15, 0.2) is 6.29 Å². The Bertz CT molecular complexity index is 882. The third-order valence-corrected chi connectivity index (χ3v) is 4.44. The molecule has 0 aliphatic carbocycles. The fraction of sp³-hybridized carbons (Fsp3) is 0.529. The third kappa shape index (κ3) is 5.54. The Morgan fingerprint density at radius 2 is 2.10 bits per heavy atom. The molecule has 3 rings (SSSR count). The van der Waals surface area contributed by atoms with Gasteiger partial charge in [0.25, 0.3) is 0 Å². The van der Waals surface area contributed by atoms with Crippen LogP contribution in [-0.4, -0.2) is 77.5 Å². The van der Waals surface area contributed by atoms with Gasteiger partial charge in [-0.25, -0.2) is 14.6 Å². The van der Waals surface area contributed by atoms with Crippen LogP contribution in [-0.2, 0) is 28.8 Å². The molecule has 0 saturated carbocycles. The summed E-state index contributed by atoms with van der Waals surface area (Å²) in [6, 6.07) is -0.493. The van der Waals surface area contributed by atoms with Gasteiger partial charge in [-0.3, -0.25) is 0 Å². The largest absolute Gasteiger partial charge is 0.433 e. The monoisotopic (exact) mass is 446 g/mol. The summed E-state index contributed by atoms with van der Waals surface area (Å²) >= 11 is 0. The van der Waals surface area contributed by atoms with Crippen LogP contribution in [0.2, 0.25) is 0 Å². The number of aromatic nitrogens is 5. The van der Waals surface area contributed by atoms with Crippen LogP contribution in [0.15, 0.2) is 31.1 Å². The average Bonchev–Trinajstić information content (AvgIpc) is 3.19. The Kier molecular flexibility index (Phi) is 7.17. The Morgan fingerprint density at radius 1 is 1.32 bits per heavy atom. The van der Waals surface area contributed by atoms with Crippen molar-refractivity contribution in [2.75, 3.05) is 11.9 Å². The molecule has 1 saturated heterocycles. The number of hydrogen-bond acceptors (Lipinski definition) is 10. The molecular weight excluding hydrogens is 425 g/mol. The van der Waals surface area contributed by atoms with Gasteiger partial charge in [0.05, 0.1) is 26.0 Å². The average molecular weight is 446 g/mol. The molecule has 14 heteroatoms. The topological polar surface area (TPSA) is 148 Å². The molecule has 2 aromatic heterocycles. The molecule has 0 unspecified atom stereocenters. The maximum absolute atomic E-state index is 12.9. The van der Waals surface area contributed by atoms with E-state index in [0.717, 1.165) is 6.20 Å². The molecule has 0 amide bonds. The standard InChI is InChI=1S/C17H21F3N6O5/c1-2-5-30-15-12(23-16-21-4-3-11(22-16)17(18,19)20)14(29)13(28)10(31-15)7-26-6-9(8-27)24-25-26/h2-4,6,10,12-15,27-29H,1,5,7-8H2,(H,21,22,23)/t10-,12-,13+,14-,15+/m1/s1. The minimum atomic E-state index is -4.68. The zero-order valence-corrected chi connectivity index (χ0v) is 16.1. The number of ether oxygens (including phenoxy) is 2. The number of aliphatic hydroxyl groups excluding tert-OH is 3. The molecule has 1 aliphatic rings. The molecule has 170 valence electrons. The highest BCUT2D eigenvalue weighted by Gasteiger charge is 2.46. The van der Waals surface area contributed by atoms with Crippen LogP contribution in [0.3, 0.4) is 0 Å². The molecule has 1 fully saturated rings. The molecule has 0 radical (unpaired) electrons. The minimum Gasteiger partial charge on any atom is -0.390 e. The Balaban J connectivity index is 1.79. The molecule has 2 aromatic rings. The summed E-state index contributed by atoms with van der Waals surface area (Å²) in [6.45, 7) is 3.15. The lowest BCUT2D eigenvalue weighted by Crippen LogP contribution is -2.61. The van der Waals surface area contributed by atoms with E-state index in [4.69, 9.17) is 14.6 Å². The van der Waals surface area contributed by atoms with Gasteiger partial charge in [-0.05, 0) is 6.07 Å². The fourth-order valence-electron chi connectivity index (χ4n) is 2.96. The van der Waals surface area contributed by atoms with Gasteiger partial charge in [0.1, 0.15) is 35.7 Å². The van der Waals surface area contributed by atoms with Crippen molar-refractivity contribution < 1.29 is 38.0 Å². The highest BCUT2D eigenvalue weighted by molar-refractivity contribution is 5.29. The third-order valence-electron chi connectivity index (χ3n) is 4.44. The normalized spacial score (nSPS) is 26.6. The zero-order valence-electron chi connectivity index (χ0n) is 16.1. The van der Waals surface area contributed by atoms with Crippen LogP contribution >= 0.6 is 0 Å². The molecule has 31 heavy (non-hydrogen) atoms. The van der Waals surface area contributed by atoms with E-state index < -0.39 is 48.5 Å². The van der Waals surface area contributed by atoms with Crippen LogP contribution in [0.5, 0.6) is 0 Å². The van der Waals surface area contributed by atoms with Crippen LogP contribution in [0.25, 0.3) is 0 Å². The van der Waals surface area contributed by atoms with Crippen molar-refractivity contribution in [1.29, 1.82) is 0 Å².